The Morgan fingerprint density at radius 1 is 0.929 bits per heavy atom. The van der Waals surface area contributed by atoms with E-state index >= 15 is 0 Å². The van der Waals surface area contributed by atoms with E-state index < -0.39 is 5.97 Å². The first kappa shape index (κ1) is 17.2. The monoisotopic (exact) mass is 375 g/mol. The molecular formula is C23H21NO4. The fourth-order valence-corrected chi connectivity index (χ4v) is 5.66. The Labute approximate surface area is 163 Å². The van der Waals surface area contributed by atoms with Crippen LogP contribution in [0.5, 0.6) is 0 Å². The Kier molecular flexibility index (Phi) is 3.86. The number of imide groups is 1. The summed E-state index contributed by atoms with van der Waals surface area (Å²) in [7, 11) is 1.32. The van der Waals surface area contributed by atoms with Crippen molar-refractivity contribution in [2.75, 3.05) is 12.0 Å². The summed E-state index contributed by atoms with van der Waals surface area (Å²) in [5.41, 5.74) is 2.21. The lowest BCUT2D eigenvalue weighted by atomic mass is 9.73. The van der Waals surface area contributed by atoms with Crippen LogP contribution in [-0.2, 0) is 14.3 Å². The summed E-state index contributed by atoms with van der Waals surface area (Å²) < 4.78 is 4.71. The Hall–Kier alpha value is -2.95. The predicted molar refractivity (Wildman–Crippen MR) is 103 cm³/mol. The minimum absolute atomic E-state index is 0.0835. The van der Waals surface area contributed by atoms with Crippen molar-refractivity contribution < 1.29 is 19.1 Å². The molecular weight excluding hydrogens is 354 g/mol. The van der Waals surface area contributed by atoms with Crippen molar-refractivity contribution in [3.63, 3.8) is 0 Å². The standard InChI is InChI=1S/C23H21NO4/c1-28-23(27)14-7-9-16(10-8-14)24-21(25)19-15-11-17(13-5-3-2-4-6-13)18(12-15)20(19)22(24)26/h2-10,15,17-20H,11-12H2,1H3/t15-,17-,18+,19+,20-/m0/s1. The minimum Gasteiger partial charge on any atom is -0.465 e. The van der Waals surface area contributed by atoms with Crippen molar-refractivity contribution in [3.05, 3.63) is 65.7 Å². The first-order valence-corrected chi connectivity index (χ1v) is 9.71. The van der Waals surface area contributed by atoms with E-state index in [0.717, 1.165) is 12.8 Å². The van der Waals surface area contributed by atoms with Crippen LogP contribution in [0.15, 0.2) is 54.6 Å². The number of carbonyl (C=O) groups is 3. The molecule has 0 radical (unpaired) electrons. The topological polar surface area (TPSA) is 63.7 Å². The van der Waals surface area contributed by atoms with E-state index in [1.807, 2.05) is 18.2 Å². The van der Waals surface area contributed by atoms with E-state index in [4.69, 9.17) is 4.74 Å². The largest absolute Gasteiger partial charge is 0.465 e. The summed E-state index contributed by atoms with van der Waals surface area (Å²) in [6.45, 7) is 0. The third-order valence-electron chi connectivity index (χ3n) is 6.79. The van der Waals surface area contributed by atoms with Crippen LogP contribution >= 0.6 is 0 Å². The van der Waals surface area contributed by atoms with E-state index in [9.17, 15) is 14.4 Å². The summed E-state index contributed by atoms with van der Waals surface area (Å²) in [6, 6.07) is 16.8. The van der Waals surface area contributed by atoms with Crippen molar-refractivity contribution in [1.29, 1.82) is 0 Å². The summed E-state index contributed by atoms with van der Waals surface area (Å²) in [6.07, 6.45) is 1.94. The van der Waals surface area contributed by atoms with Gasteiger partial charge in [0, 0.05) is 0 Å². The molecule has 5 heteroatoms. The van der Waals surface area contributed by atoms with Gasteiger partial charge >= 0.3 is 5.97 Å². The average Bonchev–Trinajstić information content (AvgIpc) is 3.40. The third kappa shape index (κ3) is 2.35. The lowest BCUT2D eigenvalue weighted by Gasteiger charge is -2.28. The zero-order valence-corrected chi connectivity index (χ0v) is 15.6. The molecule has 142 valence electrons. The second-order valence-electron chi connectivity index (χ2n) is 8.01. The van der Waals surface area contributed by atoms with Gasteiger partial charge in [-0.05, 0) is 60.4 Å². The molecule has 2 aliphatic carbocycles. The third-order valence-corrected chi connectivity index (χ3v) is 6.79. The maximum Gasteiger partial charge on any atom is 0.337 e. The Balaban J connectivity index is 1.44. The number of hydrogen-bond donors (Lipinski definition) is 0. The normalized spacial score (nSPS) is 30.6. The number of benzene rings is 2. The van der Waals surface area contributed by atoms with Crippen molar-refractivity contribution in [3.8, 4) is 0 Å². The van der Waals surface area contributed by atoms with Crippen molar-refractivity contribution in [2.45, 2.75) is 18.8 Å². The highest BCUT2D eigenvalue weighted by Crippen LogP contribution is 2.61. The van der Waals surface area contributed by atoms with Gasteiger partial charge in [0.25, 0.3) is 0 Å². The van der Waals surface area contributed by atoms with Gasteiger partial charge in [-0.3, -0.25) is 14.5 Å². The number of carbonyl (C=O) groups excluding carboxylic acids is 3. The molecule has 1 saturated heterocycles. The van der Waals surface area contributed by atoms with Crippen LogP contribution in [0.3, 0.4) is 0 Å². The van der Waals surface area contributed by atoms with Crippen LogP contribution < -0.4 is 4.90 Å². The smallest absolute Gasteiger partial charge is 0.337 e. The van der Waals surface area contributed by atoms with E-state index in [2.05, 4.69) is 12.1 Å². The molecule has 3 aliphatic rings. The van der Waals surface area contributed by atoms with Crippen LogP contribution in [0.25, 0.3) is 0 Å². The molecule has 28 heavy (non-hydrogen) atoms. The molecule has 0 spiro atoms. The van der Waals surface area contributed by atoms with Crippen LogP contribution in [0.1, 0.15) is 34.7 Å². The summed E-state index contributed by atoms with van der Waals surface area (Å²) in [5.74, 6) is -0.176. The van der Waals surface area contributed by atoms with Gasteiger partial charge < -0.3 is 4.74 Å². The lowest BCUT2D eigenvalue weighted by Crippen LogP contribution is -2.33. The predicted octanol–water partition coefficient (Wildman–Crippen LogP) is 3.40. The second kappa shape index (κ2) is 6.30. The van der Waals surface area contributed by atoms with Gasteiger partial charge in [0.1, 0.15) is 0 Å². The van der Waals surface area contributed by atoms with E-state index in [-0.39, 0.29) is 35.5 Å². The number of esters is 1. The quantitative estimate of drug-likeness (QED) is 0.609. The van der Waals surface area contributed by atoms with Gasteiger partial charge in [-0.15, -0.1) is 0 Å². The zero-order chi connectivity index (χ0) is 19.4. The highest BCUT2D eigenvalue weighted by molar-refractivity contribution is 6.22. The zero-order valence-electron chi connectivity index (χ0n) is 15.6. The minimum atomic E-state index is -0.439. The molecule has 2 aromatic rings. The van der Waals surface area contributed by atoms with Gasteiger partial charge in [-0.1, -0.05) is 30.3 Å². The molecule has 2 aromatic carbocycles. The number of fused-ring (bicyclic) bond motifs is 5. The van der Waals surface area contributed by atoms with Crippen LogP contribution in [0, 0.1) is 23.7 Å². The van der Waals surface area contributed by atoms with Crippen molar-refractivity contribution >= 4 is 23.5 Å². The SMILES string of the molecule is COC(=O)c1ccc(N2C(=O)[C@@H]3[C@@H]4C[C@@H]([C@@H]3C2=O)[C@H](c2ccccc2)C4)cc1. The molecule has 2 amide bonds. The maximum absolute atomic E-state index is 13.3. The molecule has 5 rings (SSSR count). The Morgan fingerprint density at radius 2 is 1.61 bits per heavy atom. The highest BCUT2D eigenvalue weighted by atomic mass is 16.5. The molecule has 1 aliphatic heterocycles. The van der Waals surface area contributed by atoms with Gasteiger partial charge in [-0.25, -0.2) is 4.79 Å². The Morgan fingerprint density at radius 3 is 2.29 bits per heavy atom. The fraction of sp³-hybridized carbons (Fsp3) is 0.348. The van der Waals surface area contributed by atoms with E-state index in [1.165, 1.54) is 17.6 Å². The summed E-state index contributed by atoms with van der Waals surface area (Å²) >= 11 is 0. The van der Waals surface area contributed by atoms with Gasteiger partial charge in [0.2, 0.25) is 11.8 Å². The van der Waals surface area contributed by atoms with E-state index in [0.29, 0.717) is 17.2 Å². The summed E-state index contributed by atoms with van der Waals surface area (Å²) in [4.78, 5) is 39.3. The molecule has 0 aromatic heterocycles. The molecule has 2 bridgehead atoms. The molecule has 5 atom stereocenters. The molecule has 2 saturated carbocycles. The number of methoxy groups -OCH3 is 1. The van der Waals surface area contributed by atoms with Gasteiger partial charge in [0.05, 0.1) is 30.2 Å². The van der Waals surface area contributed by atoms with E-state index in [1.54, 1.807) is 24.3 Å². The van der Waals surface area contributed by atoms with Gasteiger partial charge in [0.15, 0.2) is 0 Å². The second-order valence-corrected chi connectivity index (χ2v) is 8.01. The fourth-order valence-electron chi connectivity index (χ4n) is 5.66. The molecule has 0 unspecified atom stereocenters. The van der Waals surface area contributed by atoms with Crippen LogP contribution in [-0.4, -0.2) is 24.9 Å². The summed E-state index contributed by atoms with van der Waals surface area (Å²) in [5, 5.41) is 0. The average molecular weight is 375 g/mol. The van der Waals surface area contributed by atoms with Crippen LogP contribution in [0.2, 0.25) is 0 Å². The first-order valence-electron chi connectivity index (χ1n) is 9.71. The highest BCUT2D eigenvalue weighted by Gasteiger charge is 2.64. The molecule has 5 nitrogen and oxygen atoms in total. The number of hydrogen-bond acceptors (Lipinski definition) is 4. The molecule has 1 heterocycles. The number of amides is 2. The van der Waals surface area contributed by atoms with Crippen molar-refractivity contribution in [1.82, 2.24) is 0 Å². The lowest BCUT2D eigenvalue weighted by molar-refractivity contribution is -0.123. The van der Waals surface area contributed by atoms with Crippen molar-refractivity contribution in [2.24, 2.45) is 23.7 Å². The number of anilines is 1. The molecule has 0 N–H and O–H groups in total. The number of rotatable bonds is 3. The van der Waals surface area contributed by atoms with Gasteiger partial charge in [-0.2, -0.15) is 0 Å². The Bertz CT molecular complexity index is 952. The maximum atomic E-state index is 13.3. The molecule has 3 fully saturated rings. The number of nitrogens with zero attached hydrogens (tertiary/aromatic N) is 1. The first-order chi connectivity index (χ1) is 13.6. The van der Waals surface area contributed by atoms with Crippen LogP contribution in [0.4, 0.5) is 5.69 Å². The number of ether oxygens (including phenoxy) is 1.